The van der Waals surface area contributed by atoms with Crippen molar-refractivity contribution >= 4 is 17.3 Å². The van der Waals surface area contributed by atoms with Crippen LogP contribution in [-0.4, -0.2) is 10.7 Å². The molecule has 2 aromatic rings. The van der Waals surface area contributed by atoms with Crippen LogP contribution in [0, 0.1) is 0 Å². The van der Waals surface area contributed by atoms with E-state index in [0.717, 1.165) is 6.20 Å². The zero-order chi connectivity index (χ0) is 23.2. The molecule has 13 heteroatoms. The second-order valence-corrected chi connectivity index (χ2v) is 7.04. The monoisotopic (exact) mass is 476 g/mol. The maximum atomic E-state index is 13.0. The zero-order valence-electron chi connectivity index (χ0n) is 15.0. The molecule has 31 heavy (non-hydrogen) atoms. The standard InChI is InChI=1S/C18H10ClF9N2O/c19-13-7-29-15(18(26,27)28)4-8(13)3-12-6-14(31-30-12)9-1-10(16(20,21)22)5-11(2-9)17(23,24)25/h1-2,4-5,7,14H,3,6H2. The van der Waals surface area contributed by atoms with Gasteiger partial charge in [0.15, 0.2) is 6.10 Å². The number of benzene rings is 1. The topological polar surface area (TPSA) is 34.5 Å². The minimum Gasteiger partial charge on any atom is -0.387 e. The average Bonchev–Trinajstić information content (AvgIpc) is 3.09. The van der Waals surface area contributed by atoms with Gasteiger partial charge in [0.1, 0.15) is 5.69 Å². The van der Waals surface area contributed by atoms with Gasteiger partial charge in [-0.2, -0.15) is 39.5 Å². The van der Waals surface area contributed by atoms with Gasteiger partial charge in [-0.05, 0) is 35.4 Å². The Hall–Kier alpha value is -2.50. The van der Waals surface area contributed by atoms with Crippen molar-refractivity contribution < 1.29 is 44.4 Å². The van der Waals surface area contributed by atoms with E-state index in [-0.39, 0.29) is 35.2 Å². The van der Waals surface area contributed by atoms with Crippen molar-refractivity contribution in [2.24, 2.45) is 5.16 Å². The third kappa shape index (κ3) is 5.41. The second-order valence-electron chi connectivity index (χ2n) is 6.63. The smallest absolute Gasteiger partial charge is 0.387 e. The number of pyridine rings is 1. The van der Waals surface area contributed by atoms with Crippen LogP contribution in [0.15, 0.2) is 35.6 Å². The Kier molecular flexibility index (Phi) is 5.89. The van der Waals surface area contributed by atoms with Crippen molar-refractivity contribution in [3.63, 3.8) is 0 Å². The van der Waals surface area contributed by atoms with Crippen molar-refractivity contribution in [3.8, 4) is 0 Å². The molecular weight excluding hydrogens is 467 g/mol. The fourth-order valence-electron chi connectivity index (χ4n) is 2.87. The molecular formula is C18H10ClF9N2O. The Labute approximate surface area is 173 Å². The third-order valence-corrected chi connectivity index (χ3v) is 4.67. The summed E-state index contributed by atoms with van der Waals surface area (Å²) in [4.78, 5) is 8.14. The Bertz CT molecular complexity index is 980. The summed E-state index contributed by atoms with van der Waals surface area (Å²) in [6.45, 7) is 0. The van der Waals surface area contributed by atoms with E-state index in [1.807, 2.05) is 0 Å². The number of hydrogen-bond donors (Lipinski definition) is 0. The molecule has 1 aromatic heterocycles. The van der Waals surface area contributed by atoms with Crippen molar-refractivity contribution in [3.05, 3.63) is 63.4 Å². The molecule has 0 radical (unpaired) electrons. The number of hydrogen-bond acceptors (Lipinski definition) is 3. The lowest BCUT2D eigenvalue weighted by molar-refractivity contribution is -0.143. The van der Waals surface area contributed by atoms with E-state index in [1.165, 1.54) is 0 Å². The number of alkyl halides is 9. The lowest BCUT2D eigenvalue weighted by Gasteiger charge is -2.16. The highest BCUT2D eigenvalue weighted by Gasteiger charge is 2.38. The van der Waals surface area contributed by atoms with Crippen molar-refractivity contribution in [1.29, 1.82) is 0 Å². The number of nitrogens with zero attached hydrogens (tertiary/aromatic N) is 2. The Morgan fingerprint density at radius 2 is 1.45 bits per heavy atom. The molecule has 0 fully saturated rings. The minimum absolute atomic E-state index is 0.0182. The summed E-state index contributed by atoms with van der Waals surface area (Å²) in [6, 6.07) is 1.69. The normalized spacial score (nSPS) is 17.5. The molecule has 0 N–H and O–H groups in total. The molecule has 1 atom stereocenters. The number of aromatic nitrogens is 1. The highest BCUT2D eigenvalue weighted by molar-refractivity contribution is 6.31. The highest BCUT2D eigenvalue weighted by Crippen LogP contribution is 2.40. The van der Waals surface area contributed by atoms with Crippen molar-refractivity contribution in [2.45, 2.75) is 37.5 Å². The Morgan fingerprint density at radius 3 is 1.97 bits per heavy atom. The van der Waals surface area contributed by atoms with E-state index in [9.17, 15) is 39.5 Å². The molecule has 168 valence electrons. The highest BCUT2D eigenvalue weighted by atomic mass is 35.5. The first-order chi connectivity index (χ1) is 14.1. The van der Waals surface area contributed by atoms with E-state index < -0.39 is 47.0 Å². The van der Waals surface area contributed by atoms with E-state index in [4.69, 9.17) is 16.4 Å². The van der Waals surface area contributed by atoms with Gasteiger partial charge < -0.3 is 4.84 Å². The fourth-order valence-corrected chi connectivity index (χ4v) is 3.04. The van der Waals surface area contributed by atoms with Crippen molar-refractivity contribution in [1.82, 2.24) is 4.98 Å². The molecule has 0 amide bonds. The summed E-state index contributed by atoms with van der Waals surface area (Å²) >= 11 is 5.84. The van der Waals surface area contributed by atoms with Gasteiger partial charge in [-0.15, -0.1) is 0 Å². The van der Waals surface area contributed by atoms with Crippen LogP contribution in [0.1, 0.15) is 40.5 Å². The van der Waals surface area contributed by atoms with Crippen LogP contribution in [0.4, 0.5) is 39.5 Å². The zero-order valence-corrected chi connectivity index (χ0v) is 15.7. The molecule has 3 nitrogen and oxygen atoms in total. The first-order valence-corrected chi connectivity index (χ1v) is 8.75. The summed E-state index contributed by atoms with van der Waals surface area (Å²) in [7, 11) is 0. The summed E-state index contributed by atoms with van der Waals surface area (Å²) in [5, 5.41) is 3.49. The van der Waals surface area contributed by atoms with Crippen LogP contribution < -0.4 is 0 Å². The number of rotatable bonds is 3. The molecule has 1 aliphatic rings. The molecule has 0 aliphatic carbocycles. The maximum Gasteiger partial charge on any atom is 0.433 e. The van der Waals surface area contributed by atoms with Crippen LogP contribution in [-0.2, 0) is 29.8 Å². The van der Waals surface area contributed by atoms with Crippen LogP contribution in [0.2, 0.25) is 5.02 Å². The first kappa shape index (κ1) is 23.2. The van der Waals surface area contributed by atoms with Crippen LogP contribution >= 0.6 is 11.6 Å². The average molecular weight is 477 g/mol. The van der Waals surface area contributed by atoms with E-state index in [1.54, 1.807) is 0 Å². The molecule has 0 bridgehead atoms. The van der Waals surface area contributed by atoms with Gasteiger partial charge in [0.05, 0.1) is 21.9 Å². The van der Waals surface area contributed by atoms with Gasteiger partial charge >= 0.3 is 18.5 Å². The Balaban J connectivity index is 1.84. The predicted octanol–water partition coefficient (Wildman–Crippen LogP) is 6.85. The maximum absolute atomic E-state index is 13.0. The van der Waals surface area contributed by atoms with Gasteiger partial charge in [-0.25, -0.2) is 0 Å². The number of oxime groups is 1. The quantitative estimate of drug-likeness (QED) is 0.454. The largest absolute Gasteiger partial charge is 0.433 e. The lowest BCUT2D eigenvalue weighted by Crippen LogP contribution is -2.13. The van der Waals surface area contributed by atoms with E-state index in [2.05, 4.69) is 10.1 Å². The van der Waals surface area contributed by atoms with Gasteiger partial charge in [-0.1, -0.05) is 16.8 Å². The van der Waals surface area contributed by atoms with Gasteiger partial charge in [-0.3, -0.25) is 4.98 Å². The molecule has 3 rings (SSSR count). The first-order valence-electron chi connectivity index (χ1n) is 8.37. The molecule has 0 saturated heterocycles. The summed E-state index contributed by atoms with van der Waals surface area (Å²) < 4.78 is 117. The van der Waals surface area contributed by atoms with Gasteiger partial charge in [0, 0.05) is 19.0 Å². The molecule has 1 aromatic carbocycles. The second kappa shape index (κ2) is 7.88. The molecule has 2 heterocycles. The Morgan fingerprint density at radius 1 is 0.871 bits per heavy atom. The summed E-state index contributed by atoms with van der Waals surface area (Å²) in [5.74, 6) is 0. The lowest BCUT2D eigenvalue weighted by atomic mass is 9.96. The van der Waals surface area contributed by atoms with Crippen molar-refractivity contribution in [2.75, 3.05) is 0 Å². The SMILES string of the molecule is FC(F)(F)c1cc(C2CC(Cc3cc(C(F)(F)F)ncc3Cl)=NO2)cc(C(F)(F)F)c1. The summed E-state index contributed by atoms with van der Waals surface area (Å²) in [6.07, 6.45) is -15.8. The van der Waals surface area contributed by atoms with Gasteiger partial charge in [0.25, 0.3) is 0 Å². The van der Waals surface area contributed by atoms with E-state index in [0.29, 0.717) is 18.2 Å². The minimum atomic E-state index is -5.03. The third-order valence-electron chi connectivity index (χ3n) is 4.33. The van der Waals surface area contributed by atoms with Crippen LogP contribution in [0.3, 0.4) is 0 Å². The molecule has 1 aliphatic heterocycles. The molecule has 1 unspecified atom stereocenters. The summed E-state index contributed by atoms with van der Waals surface area (Å²) in [5.41, 5.74) is -4.58. The fraction of sp³-hybridized carbons (Fsp3) is 0.333. The molecule has 0 saturated carbocycles. The predicted molar refractivity (Wildman–Crippen MR) is 90.3 cm³/mol. The van der Waals surface area contributed by atoms with Crippen LogP contribution in [0.25, 0.3) is 0 Å². The van der Waals surface area contributed by atoms with Crippen LogP contribution in [0.5, 0.6) is 0 Å². The van der Waals surface area contributed by atoms with E-state index >= 15 is 0 Å². The molecule has 0 spiro atoms. The number of halogens is 10. The van der Waals surface area contributed by atoms with Gasteiger partial charge in [0.2, 0.25) is 0 Å².